The Labute approximate surface area is 126 Å². The second kappa shape index (κ2) is 6.09. The van der Waals surface area contributed by atoms with Crippen molar-refractivity contribution >= 4 is 16.5 Å². The Morgan fingerprint density at radius 1 is 1.33 bits per heavy atom. The quantitative estimate of drug-likeness (QED) is 0.912. The van der Waals surface area contributed by atoms with E-state index in [9.17, 15) is 14.6 Å². The molecule has 1 saturated heterocycles. The number of halogens is 1. The van der Waals surface area contributed by atoms with E-state index < -0.39 is 6.10 Å². The number of aliphatic hydroxyl groups is 2. The van der Waals surface area contributed by atoms with Crippen molar-refractivity contribution in [3.63, 3.8) is 0 Å². The summed E-state index contributed by atoms with van der Waals surface area (Å²) in [5, 5.41) is 21.9. The molecule has 1 aromatic heterocycles. The number of aromatic nitrogens is 1. The molecule has 6 heteroatoms. The molecule has 1 aromatic carbocycles. The van der Waals surface area contributed by atoms with Crippen LogP contribution >= 0.6 is 11.3 Å². The second-order valence-electron chi connectivity index (χ2n) is 5.27. The lowest BCUT2D eigenvalue weighted by Crippen LogP contribution is -2.45. The number of β-amino-alcohol motifs (C(OH)–C–C–N with tert-alkyl or cyclic N) is 1. The molecule has 0 unspecified atom stereocenters. The molecular weight excluding hydrogens is 291 g/mol. The summed E-state index contributed by atoms with van der Waals surface area (Å²) in [7, 11) is 0. The topological polar surface area (TPSA) is 56.6 Å². The van der Waals surface area contributed by atoms with Gasteiger partial charge in [-0.25, -0.2) is 9.37 Å². The maximum atomic E-state index is 12.9. The predicted molar refractivity (Wildman–Crippen MR) is 80.9 cm³/mol. The predicted octanol–water partition coefficient (Wildman–Crippen LogP) is 2.13. The molecule has 0 aliphatic carbocycles. The summed E-state index contributed by atoms with van der Waals surface area (Å²) in [6, 6.07) is 6.26. The summed E-state index contributed by atoms with van der Waals surface area (Å²) in [6.07, 6.45) is 0.227. The normalized spacial score (nSPS) is 22.5. The molecule has 2 N–H and O–H groups in total. The van der Waals surface area contributed by atoms with Crippen LogP contribution < -0.4 is 4.90 Å². The van der Waals surface area contributed by atoms with E-state index >= 15 is 0 Å². The van der Waals surface area contributed by atoms with Gasteiger partial charge in [0.1, 0.15) is 5.82 Å². The van der Waals surface area contributed by atoms with Gasteiger partial charge in [-0.3, -0.25) is 0 Å². The second-order valence-corrected chi connectivity index (χ2v) is 6.10. The van der Waals surface area contributed by atoms with Gasteiger partial charge in [-0.15, -0.1) is 11.3 Å². The average molecular weight is 308 g/mol. The van der Waals surface area contributed by atoms with Crippen molar-refractivity contribution < 1.29 is 14.6 Å². The van der Waals surface area contributed by atoms with E-state index in [0.717, 1.165) is 29.4 Å². The molecule has 0 radical (unpaired) electrons. The number of benzene rings is 1. The van der Waals surface area contributed by atoms with E-state index in [1.807, 2.05) is 10.3 Å². The fourth-order valence-electron chi connectivity index (χ4n) is 2.53. The van der Waals surface area contributed by atoms with Gasteiger partial charge in [0.25, 0.3) is 0 Å². The van der Waals surface area contributed by atoms with Gasteiger partial charge in [0.05, 0.1) is 11.8 Å². The first kappa shape index (κ1) is 14.4. The first-order valence-electron chi connectivity index (χ1n) is 6.92. The summed E-state index contributed by atoms with van der Waals surface area (Å²) < 4.78 is 12.9. The molecule has 0 amide bonds. The van der Waals surface area contributed by atoms with Crippen LogP contribution in [0.1, 0.15) is 6.42 Å². The van der Waals surface area contributed by atoms with Gasteiger partial charge >= 0.3 is 0 Å². The van der Waals surface area contributed by atoms with Crippen LogP contribution in [0, 0.1) is 11.7 Å². The maximum Gasteiger partial charge on any atom is 0.185 e. The van der Waals surface area contributed by atoms with Crippen LogP contribution in [0.15, 0.2) is 29.6 Å². The third kappa shape index (κ3) is 3.07. The number of anilines is 1. The summed E-state index contributed by atoms with van der Waals surface area (Å²) in [5.41, 5.74) is 1.69. The molecule has 2 aromatic rings. The number of hydrogen-bond donors (Lipinski definition) is 2. The van der Waals surface area contributed by atoms with Crippen LogP contribution in [0.3, 0.4) is 0 Å². The average Bonchev–Trinajstić information content (AvgIpc) is 2.98. The van der Waals surface area contributed by atoms with E-state index in [1.54, 1.807) is 12.1 Å². The first-order chi connectivity index (χ1) is 10.2. The van der Waals surface area contributed by atoms with Gasteiger partial charge in [0.15, 0.2) is 5.13 Å². The SMILES string of the molecule is OC[C@H]1CCN(c2nc(-c3ccc(F)cc3)cs2)C[C@H]1O. The molecule has 1 aliphatic rings. The van der Waals surface area contributed by atoms with Crippen LogP contribution in [-0.4, -0.2) is 41.0 Å². The lowest BCUT2D eigenvalue weighted by molar-refractivity contribution is 0.0548. The number of hydrogen-bond acceptors (Lipinski definition) is 5. The minimum absolute atomic E-state index is 0.0215. The molecule has 0 spiro atoms. The number of nitrogens with zero attached hydrogens (tertiary/aromatic N) is 2. The summed E-state index contributed by atoms with van der Waals surface area (Å²) in [4.78, 5) is 6.60. The molecule has 0 saturated carbocycles. The molecule has 21 heavy (non-hydrogen) atoms. The van der Waals surface area contributed by atoms with Gasteiger partial charge < -0.3 is 15.1 Å². The fourth-order valence-corrected chi connectivity index (χ4v) is 3.40. The van der Waals surface area contributed by atoms with Crippen molar-refractivity contribution in [2.24, 2.45) is 5.92 Å². The highest BCUT2D eigenvalue weighted by Crippen LogP contribution is 2.30. The Morgan fingerprint density at radius 2 is 2.10 bits per heavy atom. The van der Waals surface area contributed by atoms with E-state index in [0.29, 0.717) is 6.54 Å². The zero-order valence-electron chi connectivity index (χ0n) is 11.4. The van der Waals surface area contributed by atoms with Crippen molar-refractivity contribution in [3.05, 3.63) is 35.5 Å². The lowest BCUT2D eigenvalue weighted by Gasteiger charge is -2.34. The van der Waals surface area contributed by atoms with Crippen LogP contribution in [0.2, 0.25) is 0 Å². The molecule has 2 atom stereocenters. The standard InChI is InChI=1S/C15H17FN2O2S/c16-12-3-1-10(2-4-12)13-9-21-15(17-13)18-6-5-11(8-19)14(20)7-18/h1-4,9,11,14,19-20H,5-8H2/t11-,14-/m1/s1. The largest absolute Gasteiger partial charge is 0.396 e. The minimum atomic E-state index is -0.526. The smallest absolute Gasteiger partial charge is 0.185 e. The van der Waals surface area contributed by atoms with Gasteiger partial charge in [-0.05, 0) is 30.7 Å². The molecule has 2 heterocycles. The highest BCUT2D eigenvalue weighted by molar-refractivity contribution is 7.14. The summed E-state index contributed by atoms with van der Waals surface area (Å²) >= 11 is 1.51. The molecule has 0 bridgehead atoms. The van der Waals surface area contributed by atoms with Crippen molar-refractivity contribution in [1.82, 2.24) is 4.98 Å². The van der Waals surface area contributed by atoms with Crippen LogP contribution in [-0.2, 0) is 0 Å². The van der Waals surface area contributed by atoms with E-state index in [2.05, 4.69) is 4.98 Å². The molecule has 112 valence electrons. The highest BCUT2D eigenvalue weighted by Gasteiger charge is 2.28. The summed E-state index contributed by atoms with van der Waals surface area (Å²) in [5.74, 6) is -0.304. The Bertz CT molecular complexity index is 602. The monoisotopic (exact) mass is 308 g/mol. The van der Waals surface area contributed by atoms with Crippen molar-refractivity contribution in [2.45, 2.75) is 12.5 Å². The number of piperidine rings is 1. The van der Waals surface area contributed by atoms with E-state index in [1.165, 1.54) is 23.5 Å². The highest BCUT2D eigenvalue weighted by atomic mass is 32.1. The third-order valence-corrected chi connectivity index (χ3v) is 4.76. The zero-order valence-corrected chi connectivity index (χ0v) is 12.3. The van der Waals surface area contributed by atoms with Crippen LogP contribution in [0.25, 0.3) is 11.3 Å². The minimum Gasteiger partial charge on any atom is -0.396 e. The van der Waals surface area contributed by atoms with Gasteiger partial charge in [0.2, 0.25) is 0 Å². The molecular formula is C15H17FN2O2S. The molecule has 1 fully saturated rings. The maximum absolute atomic E-state index is 12.9. The van der Waals surface area contributed by atoms with E-state index in [4.69, 9.17) is 0 Å². The van der Waals surface area contributed by atoms with E-state index in [-0.39, 0.29) is 18.3 Å². The molecule has 4 nitrogen and oxygen atoms in total. The van der Waals surface area contributed by atoms with Crippen molar-refractivity contribution in [1.29, 1.82) is 0 Å². The van der Waals surface area contributed by atoms with Gasteiger partial charge in [-0.2, -0.15) is 0 Å². The van der Waals surface area contributed by atoms with Gasteiger partial charge in [-0.1, -0.05) is 0 Å². The van der Waals surface area contributed by atoms with Crippen molar-refractivity contribution in [2.75, 3.05) is 24.6 Å². The Balaban J connectivity index is 1.75. The third-order valence-electron chi connectivity index (χ3n) is 3.86. The number of rotatable bonds is 3. The van der Waals surface area contributed by atoms with Gasteiger partial charge in [0, 0.05) is 36.6 Å². The van der Waals surface area contributed by atoms with Crippen LogP contribution in [0.5, 0.6) is 0 Å². The lowest BCUT2D eigenvalue weighted by atomic mass is 9.95. The molecule has 1 aliphatic heterocycles. The summed E-state index contributed by atoms with van der Waals surface area (Å²) in [6.45, 7) is 1.29. The zero-order chi connectivity index (χ0) is 14.8. The number of thiazole rings is 1. The Morgan fingerprint density at radius 3 is 2.76 bits per heavy atom. The fraction of sp³-hybridized carbons (Fsp3) is 0.400. The Hall–Kier alpha value is -1.50. The van der Waals surface area contributed by atoms with Crippen molar-refractivity contribution in [3.8, 4) is 11.3 Å². The Kier molecular flexibility index (Phi) is 4.19. The number of aliphatic hydroxyl groups excluding tert-OH is 2. The first-order valence-corrected chi connectivity index (χ1v) is 7.80. The van der Waals surface area contributed by atoms with Crippen LogP contribution in [0.4, 0.5) is 9.52 Å². The molecule has 3 rings (SSSR count).